The topological polar surface area (TPSA) is 155 Å². The van der Waals surface area contributed by atoms with Gasteiger partial charge >= 0.3 is 18.1 Å². The highest BCUT2D eigenvalue weighted by molar-refractivity contribution is 7.09. The maximum absolute atomic E-state index is 14.7. The minimum absolute atomic E-state index is 0.00281. The molecule has 12 nitrogen and oxygen atoms in total. The van der Waals surface area contributed by atoms with Crippen LogP contribution >= 0.6 is 11.3 Å². The Balaban J connectivity index is 1.90. The van der Waals surface area contributed by atoms with Gasteiger partial charge in [0.05, 0.1) is 24.1 Å². The van der Waals surface area contributed by atoms with Gasteiger partial charge in [-0.3, -0.25) is 28.9 Å². The summed E-state index contributed by atoms with van der Waals surface area (Å²) in [4.78, 5) is 74.6. The van der Waals surface area contributed by atoms with Crippen molar-refractivity contribution in [3.05, 3.63) is 51.5 Å². The summed E-state index contributed by atoms with van der Waals surface area (Å²) in [6.07, 6.45) is -1.72. The normalized spacial score (nSPS) is 18.1. The first-order valence-electron chi connectivity index (χ1n) is 20.1. The summed E-state index contributed by atoms with van der Waals surface area (Å²) >= 11 is 1.09. The van der Waals surface area contributed by atoms with Crippen LogP contribution in [0.4, 0.5) is 13.2 Å². The molecule has 2 heterocycles. The van der Waals surface area contributed by atoms with Crippen molar-refractivity contribution in [1.82, 2.24) is 20.1 Å². The van der Waals surface area contributed by atoms with E-state index >= 15 is 0 Å². The number of ketones is 1. The maximum atomic E-state index is 14.7. The number of aliphatic carboxylic acids is 1. The molecular formula is C42H61F3N4O8S. The van der Waals surface area contributed by atoms with Crippen molar-refractivity contribution in [2.24, 2.45) is 23.7 Å². The molecule has 3 rings (SSSR count). The van der Waals surface area contributed by atoms with Gasteiger partial charge in [0, 0.05) is 56.8 Å². The summed E-state index contributed by atoms with van der Waals surface area (Å²) in [5.74, 6) is -4.12. The monoisotopic (exact) mass is 838 g/mol. The molecule has 1 aliphatic heterocycles. The van der Waals surface area contributed by atoms with Crippen molar-refractivity contribution in [2.75, 3.05) is 33.9 Å². The lowest BCUT2D eigenvalue weighted by molar-refractivity contribution is -0.150. The number of hydrogen-bond donors (Lipinski definition) is 2. The molecule has 58 heavy (non-hydrogen) atoms. The minimum atomic E-state index is -4.52. The number of alkyl halides is 3. The average molecular weight is 839 g/mol. The standard InChI is InChI=1S/C42H61F3N4O8S/c1-9-26(4)32(22-36(51)34-12-10-11-17-48(34)7)40(53)49(18-19-56-8)35(25(2)3)23-37(57-28(6)50)39-47-33(24-58-39)38(52)46-31(20-27(5)41(54)55)21-29-13-15-30(16-14-29)42(43,44)45/h13-16,24-27,31-32,34-35,37H,9-12,17-23H2,1-8H3,(H,46,52)(H,54,55)/t26-,27-,31+,32-,34+,35+,37+/m0/s1. The minimum Gasteiger partial charge on any atom is -0.481 e. The van der Waals surface area contributed by atoms with Gasteiger partial charge in [-0.25, -0.2) is 4.98 Å². The number of carboxylic acids is 1. The van der Waals surface area contributed by atoms with Crippen LogP contribution in [0.15, 0.2) is 29.6 Å². The number of carbonyl (C=O) groups is 5. The smallest absolute Gasteiger partial charge is 0.416 e. The van der Waals surface area contributed by atoms with Crippen LogP contribution in [0.1, 0.15) is 119 Å². The van der Waals surface area contributed by atoms with Crippen molar-refractivity contribution in [2.45, 2.75) is 123 Å². The number of nitrogens with one attached hydrogen (secondary N) is 1. The first-order chi connectivity index (χ1) is 27.3. The number of amides is 2. The fraction of sp³-hybridized carbons (Fsp3) is 0.667. The first-order valence-corrected chi connectivity index (χ1v) is 21.0. The number of carboxylic acid groups (broad SMARTS) is 1. The van der Waals surface area contributed by atoms with E-state index in [4.69, 9.17) is 9.47 Å². The van der Waals surface area contributed by atoms with Gasteiger partial charge in [0.15, 0.2) is 11.9 Å². The molecule has 0 unspecified atom stereocenters. The van der Waals surface area contributed by atoms with Crippen LogP contribution in [0, 0.1) is 23.7 Å². The third kappa shape index (κ3) is 14.1. The van der Waals surface area contributed by atoms with Crippen molar-refractivity contribution < 1.29 is 51.7 Å². The second-order valence-electron chi connectivity index (χ2n) is 15.9. The number of Topliss-reactive ketones (excluding diaryl/α,β-unsaturated/α-hetero) is 1. The Morgan fingerprint density at radius 2 is 1.74 bits per heavy atom. The molecule has 2 amide bonds. The van der Waals surface area contributed by atoms with Gasteiger partial charge in [-0.05, 0) is 68.8 Å². The number of nitrogens with zero attached hydrogens (tertiary/aromatic N) is 3. The van der Waals surface area contributed by atoms with Crippen LogP contribution < -0.4 is 5.32 Å². The lowest BCUT2D eigenvalue weighted by Gasteiger charge is -2.39. The zero-order valence-corrected chi connectivity index (χ0v) is 35.8. The predicted molar refractivity (Wildman–Crippen MR) is 214 cm³/mol. The lowest BCUT2D eigenvalue weighted by Crippen LogP contribution is -2.50. The van der Waals surface area contributed by atoms with Gasteiger partial charge in [0.25, 0.3) is 5.91 Å². The number of piperidine rings is 1. The first kappa shape index (κ1) is 48.5. The van der Waals surface area contributed by atoms with Crippen LogP contribution in [0.25, 0.3) is 0 Å². The summed E-state index contributed by atoms with van der Waals surface area (Å²) in [6, 6.07) is 2.98. The molecule has 2 N–H and O–H groups in total. The molecular weight excluding hydrogens is 778 g/mol. The highest BCUT2D eigenvalue weighted by Gasteiger charge is 2.39. The van der Waals surface area contributed by atoms with E-state index in [2.05, 4.69) is 15.2 Å². The van der Waals surface area contributed by atoms with Gasteiger partial charge in [-0.1, -0.05) is 59.6 Å². The molecule has 0 radical (unpaired) electrons. The Labute approximate surface area is 344 Å². The Hall–Kier alpha value is -3.89. The number of esters is 1. The summed E-state index contributed by atoms with van der Waals surface area (Å²) in [6.45, 7) is 11.9. The Bertz CT molecular complexity index is 1670. The summed E-state index contributed by atoms with van der Waals surface area (Å²) in [5.41, 5.74) is -0.376. The number of benzene rings is 1. The number of methoxy groups -OCH3 is 1. The predicted octanol–water partition coefficient (Wildman–Crippen LogP) is 7.21. The zero-order chi connectivity index (χ0) is 43.3. The highest BCUT2D eigenvalue weighted by atomic mass is 32.1. The molecule has 1 aliphatic rings. The van der Waals surface area contributed by atoms with E-state index in [1.807, 2.05) is 34.7 Å². The second-order valence-corrected chi connectivity index (χ2v) is 16.8. The number of ether oxygens (including phenoxy) is 2. The van der Waals surface area contributed by atoms with Gasteiger partial charge in [0.2, 0.25) is 5.91 Å². The maximum Gasteiger partial charge on any atom is 0.416 e. The van der Waals surface area contributed by atoms with Crippen LogP contribution in [0.5, 0.6) is 0 Å². The number of hydrogen-bond acceptors (Lipinski definition) is 10. The Morgan fingerprint density at radius 1 is 1.07 bits per heavy atom. The summed E-state index contributed by atoms with van der Waals surface area (Å²) < 4.78 is 50.7. The van der Waals surface area contributed by atoms with Crippen LogP contribution in [-0.2, 0) is 41.2 Å². The zero-order valence-electron chi connectivity index (χ0n) is 35.0. The Kier molecular flexibility index (Phi) is 18.8. The van der Waals surface area contributed by atoms with Gasteiger partial charge in [-0.2, -0.15) is 13.2 Å². The van der Waals surface area contributed by atoms with E-state index in [1.165, 1.54) is 31.4 Å². The molecule has 0 aliphatic carbocycles. The molecule has 16 heteroatoms. The van der Waals surface area contributed by atoms with E-state index in [1.54, 1.807) is 12.0 Å². The van der Waals surface area contributed by atoms with Crippen molar-refractivity contribution in [3.63, 3.8) is 0 Å². The molecule has 1 fully saturated rings. The van der Waals surface area contributed by atoms with E-state index in [0.717, 1.165) is 49.3 Å². The molecule has 7 atom stereocenters. The van der Waals surface area contributed by atoms with Crippen molar-refractivity contribution >= 4 is 40.9 Å². The highest BCUT2D eigenvalue weighted by Crippen LogP contribution is 2.34. The van der Waals surface area contributed by atoms with Gasteiger partial charge in [-0.15, -0.1) is 11.3 Å². The largest absolute Gasteiger partial charge is 0.481 e. The molecule has 1 aromatic carbocycles. The summed E-state index contributed by atoms with van der Waals surface area (Å²) in [5, 5.41) is 14.2. The Morgan fingerprint density at radius 3 is 2.29 bits per heavy atom. The average Bonchev–Trinajstić information content (AvgIpc) is 3.66. The van der Waals surface area contributed by atoms with Gasteiger partial charge in [0.1, 0.15) is 10.7 Å². The van der Waals surface area contributed by atoms with E-state index in [0.29, 0.717) is 17.0 Å². The van der Waals surface area contributed by atoms with Crippen molar-refractivity contribution in [3.8, 4) is 0 Å². The van der Waals surface area contributed by atoms with E-state index < -0.39 is 59.6 Å². The molecule has 0 saturated carbocycles. The quantitative estimate of drug-likeness (QED) is 0.116. The molecule has 0 spiro atoms. The van der Waals surface area contributed by atoms with Gasteiger partial charge < -0.3 is 24.8 Å². The van der Waals surface area contributed by atoms with Crippen LogP contribution in [0.3, 0.4) is 0 Å². The number of halogens is 3. The molecule has 1 saturated heterocycles. The molecule has 2 aromatic rings. The van der Waals surface area contributed by atoms with E-state index in [9.17, 15) is 42.3 Å². The van der Waals surface area contributed by atoms with E-state index in [-0.39, 0.29) is 74.1 Å². The van der Waals surface area contributed by atoms with Crippen molar-refractivity contribution in [1.29, 1.82) is 0 Å². The summed E-state index contributed by atoms with van der Waals surface area (Å²) in [7, 11) is 3.49. The number of thiazole rings is 1. The molecule has 1 aromatic heterocycles. The second kappa shape index (κ2) is 22.5. The third-order valence-electron chi connectivity index (χ3n) is 11.2. The number of carbonyl (C=O) groups excluding carboxylic acids is 4. The number of rotatable bonds is 22. The third-order valence-corrected chi connectivity index (χ3v) is 12.1. The van der Waals surface area contributed by atoms with Crippen LogP contribution in [-0.4, -0.2) is 101 Å². The van der Waals surface area contributed by atoms with Crippen LogP contribution in [0.2, 0.25) is 0 Å². The molecule has 0 bridgehead atoms. The molecule has 324 valence electrons. The lowest BCUT2D eigenvalue weighted by atomic mass is 9.82. The SMILES string of the molecule is CC[C@H](C)[C@H](CC(=O)[C@H]1CCCCN1C)C(=O)N(CCOC)[C@H](C[C@@H](OC(C)=O)c1nc(C(=O)N[C@@H](Cc2ccc(C(F)(F)F)cc2)C[C@H](C)C(=O)O)cs1)C(C)C. The number of likely N-dealkylation sites (N-methyl/N-ethyl adjacent to an activating group) is 1. The number of likely N-dealkylation sites (tertiary alicyclic amines) is 1. The fourth-order valence-electron chi connectivity index (χ4n) is 7.51. The fourth-order valence-corrected chi connectivity index (χ4v) is 8.35. The number of aromatic nitrogens is 1.